The van der Waals surface area contributed by atoms with E-state index in [1.165, 1.54) is 23.5 Å². The second kappa shape index (κ2) is 4.98. The molecule has 0 spiro atoms. The second-order valence-corrected chi connectivity index (χ2v) is 4.47. The normalized spacial score (nSPS) is 9.83. The second-order valence-electron chi connectivity index (χ2n) is 3.73. The summed E-state index contributed by atoms with van der Waals surface area (Å²) in [4.78, 5) is 11.9. The Balaban J connectivity index is 2.23. The summed E-state index contributed by atoms with van der Waals surface area (Å²) in [6.07, 6.45) is 0. The van der Waals surface area contributed by atoms with Crippen LogP contribution in [0.1, 0.15) is 21.5 Å². The van der Waals surface area contributed by atoms with Gasteiger partial charge < -0.3 is 5.32 Å². The van der Waals surface area contributed by atoms with Gasteiger partial charge >= 0.3 is 0 Å². The Labute approximate surface area is 107 Å². The SMILES string of the molecule is Cc1cscc1C(=O)Nc1ccc(C#N)cc1F. The van der Waals surface area contributed by atoms with Crippen LogP contribution < -0.4 is 5.32 Å². The van der Waals surface area contributed by atoms with Crippen LogP contribution >= 0.6 is 11.3 Å². The lowest BCUT2D eigenvalue weighted by atomic mass is 10.2. The summed E-state index contributed by atoms with van der Waals surface area (Å²) in [5.74, 6) is -0.965. The number of hydrogen-bond donors (Lipinski definition) is 1. The van der Waals surface area contributed by atoms with Gasteiger partial charge in [0.25, 0.3) is 5.91 Å². The Bertz CT molecular complexity index is 643. The van der Waals surface area contributed by atoms with Crippen LogP contribution in [0.5, 0.6) is 0 Å². The highest BCUT2D eigenvalue weighted by molar-refractivity contribution is 7.08. The van der Waals surface area contributed by atoms with Gasteiger partial charge in [0.1, 0.15) is 5.82 Å². The van der Waals surface area contributed by atoms with E-state index < -0.39 is 5.82 Å². The lowest BCUT2D eigenvalue weighted by Gasteiger charge is -2.06. The van der Waals surface area contributed by atoms with Gasteiger partial charge in [-0.15, -0.1) is 0 Å². The zero-order valence-corrected chi connectivity index (χ0v) is 10.3. The summed E-state index contributed by atoms with van der Waals surface area (Å²) in [6, 6.07) is 5.77. The van der Waals surface area contributed by atoms with E-state index >= 15 is 0 Å². The molecule has 1 aromatic carbocycles. The third-order valence-electron chi connectivity index (χ3n) is 2.45. The van der Waals surface area contributed by atoms with Crippen molar-refractivity contribution < 1.29 is 9.18 Å². The molecule has 0 fully saturated rings. The van der Waals surface area contributed by atoms with Crippen LogP contribution in [0, 0.1) is 24.1 Å². The summed E-state index contributed by atoms with van der Waals surface area (Å²) < 4.78 is 13.6. The van der Waals surface area contributed by atoms with Crippen LogP contribution in [0.4, 0.5) is 10.1 Å². The third kappa shape index (κ3) is 2.39. The molecule has 18 heavy (non-hydrogen) atoms. The van der Waals surface area contributed by atoms with Gasteiger partial charge in [-0.25, -0.2) is 4.39 Å². The number of carbonyl (C=O) groups excluding carboxylic acids is 1. The van der Waals surface area contributed by atoms with E-state index in [1.807, 2.05) is 18.4 Å². The molecule has 2 aromatic rings. The summed E-state index contributed by atoms with van der Waals surface area (Å²) in [5, 5.41) is 14.7. The van der Waals surface area contributed by atoms with Crippen molar-refractivity contribution in [2.75, 3.05) is 5.32 Å². The van der Waals surface area contributed by atoms with E-state index in [1.54, 1.807) is 5.38 Å². The van der Waals surface area contributed by atoms with Gasteiger partial charge in [-0.2, -0.15) is 16.6 Å². The molecule has 0 atom stereocenters. The quantitative estimate of drug-likeness (QED) is 0.900. The maximum absolute atomic E-state index is 13.6. The summed E-state index contributed by atoms with van der Waals surface area (Å²) in [7, 11) is 0. The number of rotatable bonds is 2. The molecule has 1 amide bonds. The molecule has 0 saturated heterocycles. The molecule has 2 rings (SSSR count). The van der Waals surface area contributed by atoms with Gasteiger partial charge in [0.2, 0.25) is 0 Å². The maximum Gasteiger partial charge on any atom is 0.256 e. The van der Waals surface area contributed by atoms with Crippen LogP contribution in [-0.2, 0) is 0 Å². The monoisotopic (exact) mass is 260 g/mol. The fourth-order valence-corrected chi connectivity index (χ4v) is 2.30. The summed E-state index contributed by atoms with van der Waals surface area (Å²) in [5.41, 5.74) is 1.68. The molecule has 90 valence electrons. The Hall–Kier alpha value is -2.19. The van der Waals surface area contributed by atoms with Gasteiger partial charge in [0.15, 0.2) is 0 Å². The van der Waals surface area contributed by atoms with Gasteiger partial charge in [0, 0.05) is 5.38 Å². The molecule has 3 nitrogen and oxygen atoms in total. The summed E-state index contributed by atoms with van der Waals surface area (Å²) in [6.45, 7) is 1.82. The van der Waals surface area contributed by atoms with Crippen LogP contribution in [0.2, 0.25) is 0 Å². The van der Waals surface area contributed by atoms with Crippen molar-refractivity contribution in [2.24, 2.45) is 0 Å². The van der Waals surface area contributed by atoms with Crippen LogP contribution in [0.25, 0.3) is 0 Å². The molecule has 0 bridgehead atoms. The molecular formula is C13H9FN2OS. The number of halogens is 1. The highest BCUT2D eigenvalue weighted by atomic mass is 32.1. The van der Waals surface area contributed by atoms with Crippen LogP contribution in [0.3, 0.4) is 0 Å². The van der Waals surface area contributed by atoms with E-state index in [0.717, 1.165) is 11.6 Å². The Kier molecular flexibility index (Phi) is 3.40. The largest absolute Gasteiger partial charge is 0.319 e. The first kappa shape index (κ1) is 12.3. The van der Waals surface area contributed by atoms with Gasteiger partial charge in [-0.1, -0.05) is 0 Å². The van der Waals surface area contributed by atoms with Crippen molar-refractivity contribution in [1.82, 2.24) is 0 Å². The smallest absolute Gasteiger partial charge is 0.256 e. The molecule has 1 aromatic heterocycles. The molecule has 1 N–H and O–H groups in total. The fourth-order valence-electron chi connectivity index (χ4n) is 1.47. The zero-order valence-electron chi connectivity index (χ0n) is 9.53. The van der Waals surface area contributed by atoms with Crippen LogP contribution in [0.15, 0.2) is 29.0 Å². The van der Waals surface area contributed by atoms with Gasteiger partial charge in [0.05, 0.1) is 22.9 Å². The number of benzene rings is 1. The average molecular weight is 260 g/mol. The van der Waals surface area contributed by atoms with Crippen molar-refractivity contribution in [2.45, 2.75) is 6.92 Å². The number of aryl methyl sites for hydroxylation is 1. The molecule has 0 aliphatic heterocycles. The summed E-state index contributed by atoms with van der Waals surface area (Å²) >= 11 is 1.42. The lowest BCUT2D eigenvalue weighted by Crippen LogP contribution is -2.13. The number of nitriles is 1. The van der Waals surface area contributed by atoms with E-state index in [-0.39, 0.29) is 17.2 Å². The van der Waals surface area contributed by atoms with E-state index in [2.05, 4.69) is 5.32 Å². The van der Waals surface area contributed by atoms with E-state index in [4.69, 9.17) is 5.26 Å². The Morgan fingerprint density at radius 3 is 2.78 bits per heavy atom. The van der Waals surface area contributed by atoms with Crippen molar-refractivity contribution in [3.63, 3.8) is 0 Å². The minimum absolute atomic E-state index is 0.0737. The highest BCUT2D eigenvalue weighted by Gasteiger charge is 2.12. The topological polar surface area (TPSA) is 52.9 Å². The van der Waals surface area contributed by atoms with Crippen molar-refractivity contribution in [1.29, 1.82) is 5.26 Å². The average Bonchev–Trinajstić information content (AvgIpc) is 2.78. The van der Waals surface area contributed by atoms with Crippen molar-refractivity contribution >= 4 is 22.9 Å². The molecule has 0 unspecified atom stereocenters. The highest BCUT2D eigenvalue weighted by Crippen LogP contribution is 2.19. The minimum Gasteiger partial charge on any atom is -0.319 e. The Morgan fingerprint density at radius 2 is 2.22 bits per heavy atom. The zero-order chi connectivity index (χ0) is 13.1. The molecular weight excluding hydrogens is 251 g/mol. The van der Waals surface area contributed by atoms with E-state index in [0.29, 0.717) is 5.56 Å². The first-order valence-electron chi connectivity index (χ1n) is 5.15. The number of nitrogens with zero attached hydrogens (tertiary/aromatic N) is 1. The fraction of sp³-hybridized carbons (Fsp3) is 0.0769. The van der Waals surface area contributed by atoms with Gasteiger partial charge in [-0.05, 0) is 36.1 Å². The predicted octanol–water partition coefficient (Wildman–Crippen LogP) is 3.32. The van der Waals surface area contributed by atoms with E-state index in [9.17, 15) is 9.18 Å². The minimum atomic E-state index is -0.615. The number of anilines is 1. The molecule has 0 saturated carbocycles. The number of carbonyl (C=O) groups is 1. The Morgan fingerprint density at radius 1 is 1.44 bits per heavy atom. The molecule has 0 aliphatic rings. The molecule has 5 heteroatoms. The van der Waals surface area contributed by atoms with Crippen molar-refractivity contribution in [3.8, 4) is 6.07 Å². The first-order chi connectivity index (χ1) is 8.61. The molecule has 0 radical (unpaired) electrons. The molecule has 0 aliphatic carbocycles. The third-order valence-corrected chi connectivity index (χ3v) is 3.31. The number of hydrogen-bond acceptors (Lipinski definition) is 3. The molecule has 1 heterocycles. The lowest BCUT2D eigenvalue weighted by molar-refractivity contribution is 0.102. The standard InChI is InChI=1S/C13H9FN2OS/c1-8-6-18-7-10(8)13(17)16-12-3-2-9(5-15)4-11(12)14/h2-4,6-7H,1H3,(H,16,17). The van der Waals surface area contributed by atoms with Gasteiger partial charge in [-0.3, -0.25) is 4.79 Å². The van der Waals surface area contributed by atoms with Crippen molar-refractivity contribution in [3.05, 3.63) is 51.5 Å². The number of nitrogens with one attached hydrogen (secondary N) is 1. The number of thiophene rings is 1. The predicted molar refractivity (Wildman–Crippen MR) is 68.1 cm³/mol. The van der Waals surface area contributed by atoms with Crippen LogP contribution in [-0.4, -0.2) is 5.91 Å². The number of amides is 1. The first-order valence-corrected chi connectivity index (χ1v) is 6.10. The maximum atomic E-state index is 13.6.